The Morgan fingerprint density at radius 3 is 2.78 bits per heavy atom. The molecule has 3 rings (SSSR count). The first-order chi connectivity index (χ1) is 11.0. The summed E-state index contributed by atoms with van der Waals surface area (Å²) in [4.78, 5) is 20.0. The van der Waals surface area contributed by atoms with Crippen LogP contribution in [0, 0.1) is 0 Å². The Morgan fingerprint density at radius 2 is 2.17 bits per heavy atom. The SMILES string of the molecule is CCOc1cc(N2CCC(N)CC2)nc2sc(C(C)=O)c(N)c12. The second kappa shape index (κ2) is 6.33. The van der Waals surface area contributed by atoms with Crippen molar-refractivity contribution >= 4 is 38.8 Å². The van der Waals surface area contributed by atoms with Crippen LogP contribution in [0.4, 0.5) is 11.5 Å². The Morgan fingerprint density at radius 1 is 1.48 bits per heavy atom. The van der Waals surface area contributed by atoms with Gasteiger partial charge in [0.15, 0.2) is 5.78 Å². The number of anilines is 2. The molecule has 0 atom stereocenters. The second-order valence-electron chi connectivity index (χ2n) is 5.82. The number of thiophene rings is 1. The van der Waals surface area contributed by atoms with Gasteiger partial charge in [-0.25, -0.2) is 4.98 Å². The van der Waals surface area contributed by atoms with E-state index in [1.54, 1.807) is 0 Å². The number of nitrogens with two attached hydrogens (primary N) is 2. The van der Waals surface area contributed by atoms with E-state index in [2.05, 4.69) is 4.90 Å². The van der Waals surface area contributed by atoms with E-state index in [1.807, 2.05) is 13.0 Å². The minimum Gasteiger partial charge on any atom is -0.493 e. The molecule has 0 radical (unpaired) electrons. The molecule has 0 unspecified atom stereocenters. The Hall–Kier alpha value is -1.86. The maximum absolute atomic E-state index is 11.8. The number of nitrogens with zero attached hydrogens (tertiary/aromatic N) is 2. The molecule has 6 nitrogen and oxygen atoms in total. The molecule has 0 bridgehead atoms. The summed E-state index contributed by atoms with van der Waals surface area (Å²) in [6, 6.07) is 2.19. The Balaban J connectivity index is 2.08. The molecule has 124 valence electrons. The first kappa shape index (κ1) is 16.0. The number of hydrogen-bond acceptors (Lipinski definition) is 7. The predicted octanol–water partition coefficient (Wildman–Crippen LogP) is 2.41. The highest BCUT2D eigenvalue weighted by Gasteiger charge is 2.22. The summed E-state index contributed by atoms with van der Waals surface area (Å²) in [7, 11) is 0. The third-order valence-electron chi connectivity index (χ3n) is 4.13. The maximum Gasteiger partial charge on any atom is 0.171 e. The van der Waals surface area contributed by atoms with Crippen LogP contribution in [-0.4, -0.2) is 36.5 Å². The number of piperidine rings is 1. The van der Waals surface area contributed by atoms with Crippen LogP contribution in [0.15, 0.2) is 6.07 Å². The minimum absolute atomic E-state index is 0.0431. The number of rotatable bonds is 4. The van der Waals surface area contributed by atoms with Gasteiger partial charge in [-0.15, -0.1) is 11.3 Å². The number of ether oxygens (including phenoxy) is 1. The monoisotopic (exact) mass is 334 g/mol. The van der Waals surface area contributed by atoms with Crippen molar-refractivity contribution in [3.05, 3.63) is 10.9 Å². The molecule has 3 heterocycles. The van der Waals surface area contributed by atoms with E-state index < -0.39 is 0 Å². The quantitative estimate of drug-likeness (QED) is 0.834. The maximum atomic E-state index is 11.8. The van der Waals surface area contributed by atoms with Crippen molar-refractivity contribution in [2.24, 2.45) is 5.73 Å². The third kappa shape index (κ3) is 2.98. The van der Waals surface area contributed by atoms with Crippen LogP contribution >= 0.6 is 11.3 Å². The summed E-state index contributed by atoms with van der Waals surface area (Å²) in [5.74, 6) is 1.52. The molecule has 0 aromatic carbocycles. The molecule has 0 saturated carbocycles. The van der Waals surface area contributed by atoms with Gasteiger partial charge in [-0.2, -0.15) is 0 Å². The van der Waals surface area contributed by atoms with E-state index in [1.165, 1.54) is 18.3 Å². The lowest BCUT2D eigenvalue weighted by Gasteiger charge is -2.31. The van der Waals surface area contributed by atoms with Crippen molar-refractivity contribution in [1.29, 1.82) is 0 Å². The number of nitrogen functional groups attached to an aromatic ring is 1. The van der Waals surface area contributed by atoms with E-state index in [4.69, 9.17) is 21.2 Å². The van der Waals surface area contributed by atoms with Crippen LogP contribution in [0.2, 0.25) is 0 Å². The molecule has 7 heteroatoms. The zero-order valence-electron chi connectivity index (χ0n) is 13.5. The largest absolute Gasteiger partial charge is 0.493 e. The summed E-state index contributed by atoms with van der Waals surface area (Å²) in [6.07, 6.45) is 1.91. The van der Waals surface area contributed by atoms with Crippen molar-refractivity contribution in [2.75, 3.05) is 30.3 Å². The highest BCUT2D eigenvalue weighted by atomic mass is 32.1. The molecule has 2 aromatic rings. The number of carbonyl (C=O) groups excluding carboxylic acids is 1. The lowest BCUT2D eigenvalue weighted by Crippen LogP contribution is -2.40. The van der Waals surface area contributed by atoms with Gasteiger partial charge in [0.1, 0.15) is 16.4 Å². The van der Waals surface area contributed by atoms with Gasteiger partial charge >= 0.3 is 0 Å². The fraction of sp³-hybridized carbons (Fsp3) is 0.500. The molecule has 2 aromatic heterocycles. The predicted molar refractivity (Wildman–Crippen MR) is 94.6 cm³/mol. The van der Waals surface area contributed by atoms with Crippen LogP contribution in [0.1, 0.15) is 36.4 Å². The van der Waals surface area contributed by atoms with E-state index in [0.717, 1.165) is 42.0 Å². The lowest BCUT2D eigenvalue weighted by atomic mass is 10.1. The second-order valence-corrected chi connectivity index (χ2v) is 6.82. The average molecular weight is 334 g/mol. The molecule has 1 fully saturated rings. The van der Waals surface area contributed by atoms with E-state index in [9.17, 15) is 4.79 Å². The molecule has 0 amide bonds. The number of ketones is 1. The molecule has 1 saturated heterocycles. The highest BCUT2D eigenvalue weighted by Crippen LogP contribution is 2.41. The van der Waals surface area contributed by atoms with Crippen LogP contribution in [0.5, 0.6) is 5.75 Å². The number of carbonyl (C=O) groups is 1. The number of fused-ring (bicyclic) bond motifs is 1. The van der Waals surface area contributed by atoms with Crippen LogP contribution in [0.25, 0.3) is 10.2 Å². The summed E-state index contributed by atoms with van der Waals surface area (Å²) in [5.41, 5.74) is 12.6. The summed E-state index contributed by atoms with van der Waals surface area (Å²) in [5, 5.41) is 0.750. The van der Waals surface area contributed by atoms with Crippen molar-refractivity contribution in [2.45, 2.75) is 32.7 Å². The zero-order valence-corrected chi connectivity index (χ0v) is 14.3. The fourth-order valence-corrected chi connectivity index (χ4v) is 3.90. The molecule has 4 N–H and O–H groups in total. The summed E-state index contributed by atoms with van der Waals surface area (Å²) < 4.78 is 5.77. The van der Waals surface area contributed by atoms with E-state index >= 15 is 0 Å². The van der Waals surface area contributed by atoms with Crippen LogP contribution in [0.3, 0.4) is 0 Å². The first-order valence-electron chi connectivity index (χ1n) is 7.88. The number of hydrogen-bond donors (Lipinski definition) is 2. The van der Waals surface area contributed by atoms with Gasteiger partial charge < -0.3 is 21.1 Å². The van der Waals surface area contributed by atoms with Crippen molar-refractivity contribution in [3.63, 3.8) is 0 Å². The van der Waals surface area contributed by atoms with Crippen LogP contribution < -0.4 is 21.1 Å². The van der Waals surface area contributed by atoms with Gasteiger partial charge in [-0.05, 0) is 19.8 Å². The third-order valence-corrected chi connectivity index (χ3v) is 5.33. The van der Waals surface area contributed by atoms with Gasteiger partial charge in [0.05, 0.1) is 22.6 Å². The van der Waals surface area contributed by atoms with Gasteiger partial charge in [-0.3, -0.25) is 4.79 Å². The van der Waals surface area contributed by atoms with E-state index in [-0.39, 0.29) is 11.8 Å². The molecule has 1 aliphatic rings. The van der Waals surface area contributed by atoms with Gasteiger partial charge in [0.25, 0.3) is 0 Å². The minimum atomic E-state index is -0.0431. The molecule has 1 aliphatic heterocycles. The number of pyridine rings is 1. The first-order valence-corrected chi connectivity index (χ1v) is 8.70. The van der Waals surface area contributed by atoms with Gasteiger partial charge in [0.2, 0.25) is 0 Å². The van der Waals surface area contributed by atoms with Gasteiger partial charge in [-0.1, -0.05) is 0 Å². The van der Waals surface area contributed by atoms with Gasteiger partial charge in [0, 0.05) is 32.1 Å². The molecule has 23 heavy (non-hydrogen) atoms. The highest BCUT2D eigenvalue weighted by molar-refractivity contribution is 7.21. The summed E-state index contributed by atoms with van der Waals surface area (Å²) in [6.45, 7) is 5.75. The van der Waals surface area contributed by atoms with Crippen molar-refractivity contribution < 1.29 is 9.53 Å². The van der Waals surface area contributed by atoms with Crippen molar-refractivity contribution in [1.82, 2.24) is 4.98 Å². The normalized spacial score (nSPS) is 16.0. The molecule has 0 spiro atoms. The van der Waals surface area contributed by atoms with Crippen LogP contribution in [-0.2, 0) is 0 Å². The molecular weight excluding hydrogens is 312 g/mol. The Kier molecular flexibility index (Phi) is 4.41. The topological polar surface area (TPSA) is 94.5 Å². The number of Topliss-reactive ketones (excluding diaryl/α,β-unsaturated/α-hetero) is 1. The zero-order chi connectivity index (χ0) is 16.6. The van der Waals surface area contributed by atoms with Crippen molar-refractivity contribution in [3.8, 4) is 5.75 Å². The smallest absolute Gasteiger partial charge is 0.171 e. The molecular formula is C16H22N4O2S. The fourth-order valence-electron chi connectivity index (χ4n) is 2.90. The van der Waals surface area contributed by atoms with E-state index in [0.29, 0.717) is 22.9 Å². The molecule has 0 aliphatic carbocycles. The summed E-state index contributed by atoms with van der Waals surface area (Å²) >= 11 is 1.33. The lowest BCUT2D eigenvalue weighted by molar-refractivity contribution is 0.102. The number of aromatic nitrogens is 1. The average Bonchev–Trinajstić information content (AvgIpc) is 2.86. The Bertz CT molecular complexity index is 735. The standard InChI is InChI=1S/C16H22N4O2S/c1-3-22-11-8-12(20-6-4-10(17)5-7-20)19-16-13(11)14(18)15(23-16)9(2)21/h8,10H,3-7,17-18H2,1-2H3. The Labute approximate surface area is 139 Å².